The fraction of sp³-hybridized carbons (Fsp3) is 0.129. The number of carbonyl (C=O) groups is 1. The van der Waals surface area contributed by atoms with Gasteiger partial charge in [0, 0.05) is 41.0 Å². The van der Waals surface area contributed by atoms with Gasteiger partial charge in [-0.1, -0.05) is 36.4 Å². The van der Waals surface area contributed by atoms with Crippen LogP contribution in [0.15, 0.2) is 89.2 Å². The Bertz CT molecular complexity index is 1970. The Morgan fingerprint density at radius 3 is 2.37 bits per heavy atom. The van der Waals surface area contributed by atoms with Crippen molar-refractivity contribution in [2.24, 2.45) is 0 Å². The van der Waals surface area contributed by atoms with Crippen LogP contribution in [-0.2, 0) is 6.54 Å². The second kappa shape index (κ2) is 11.8. The molecule has 4 aromatic heterocycles. The monoisotopic (exact) mass is 594 g/mol. The van der Waals surface area contributed by atoms with Gasteiger partial charge in [0.25, 0.3) is 11.5 Å². The molecule has 11 nitrogen and oxygen atoms in total. The lowest BCUT2D eigenvalue weighted by atomic mass is 10.0. The molecule has 0 saturated carbocycles. The predicted molar refractivity (Wildman–Crippen MR) is 163 cm³/mol. The highest BCUT2D eigenvalue weighted by Crippen LogP contribution is 2.40. The zero-order chi connectivity index (χ0) is 29.9. The molecular weight excluding hydrogens is 568 g/mol. The predicted octanol–water partition coefficient (Wildman–Crippen LogP) is 5.01. The zero-order valence-electron chi connectivity index (χ0n) is 23.5. The van der Waals surface area contributed by atoms with E-state index >= 15 is 0 Å². The van der Waals surface area contributed by atoms with E-state index in [1.54, 1.807) is 28.1 Å². The van der Waals surface area contributed by atoms with Crippen LogP contribution < -0.4 is 25.1 Å². The maximum atomic E-state index is 13.0. The van der Waals surface area contributed by atoms with Gasteiger partial charge < -0.3 is 19.5 Å². The molecule has 0 bridgehead atoms. The van der Waals surface area contributed by atoms with Crippen LogP contribution in [0, 0.1) is 0 Å². The number of methoxy groups -OCH3 is 3. The Kier molecular flexibility index (Phi) is 7.58. The Morgan fingerprint density at radius 1 is 0.907 bits per heavy atom. The van der Waals surface area contributed by atoms with Crippen LogP contribution in [0.4, 0.5) is 5.69 Å². The Balaban J connectivity index is 1.28. The molecule has 0 radical (unpaired) electrons. The summed E-state index contributed by atoms with van der Waals surface area (Å²) in [5.41, 5.74) is 4.31. The van der Waals surface area contributed by atoms with Gasteiger partial charge in [0.1, 0.15) is 16.4 Å². The van der Waals surface area contributed by atoms with Crippen LogP contribution in [0.2, 0.25) is 0 Å². The van der Waals surface area contributed by atoms with Crippen molar-refractivity contribution < 1.29 is 19.0 Å². The summed E-state index contributed by atoms with van der Waals surface area (Å²) < 4.78 is 19.2. The normalized spacial score (nSPS) is 11.0. The van der Waals surface area contributed by atoms with Crippen molar-refractivity contribution in [3.63, 3.8) is 0 Å². The minimum atomic E-state index is -0.426. The van der Waals surface area contributed by atoms with Crippen LogP contribution in [0.25, 0.3) is 28.0 Å². The molecule has 6 rings (SSSR count). The van der Waals surface area contributed by atoms with E-state index in [0.717, 1.165) is 22.3 Å². The number of anilines is 1. The molecule has 216 valence electrons. The minimum Gasteiger partial charge on any atom is -0.493 e. The summed E-state index contributed by atoms with van der Waals surface area (Å²) in [4.78, 5) is 30.4. The number of pyridine rings is 1. The van der Waals surface area contributed by atoms with Gasteiger partial charge in [-0.3, -0.25) is 9.59 Å². The number of rotatable bonds is 9. The SMILES string of the molecule is COc1cc(NC(=O)c2csc(Cn3nc(-c4c(-c5ccccc5)nn5ccccc45)ccc3=O)n2)cc(OC)c1OC. The van der Waals surface area contributed by atoms with Crippen molar-refractivity contribution in [1.82, 2.24) is 24.4 Å². The average molecular weight is 595 g/mol. The number of fused-ring (bicyclic) bond motifs is 1. The fourth-order valence-electron chi connectivity index (χ4n) is 4.71. The molecule has 0 unspecified atom stereocenters. The second-order valence-electron chi connectivity index (χ2n) is 9.33. The van der Waals surface area contributed by atoms with Gasteiger partial charge in [0.15, 0.2) is 11.5 Å². The van der Waals surface area contributed by atoms with Crippen LogP contribution in [0.5, 0.6) is 17.2 Å². The summed E-state index contributed by atoms with van der Waals surface area (Å²) in [6.45, 7) is 0.0919. The third-order valence-corrected chi connectivity index (χ3v) is 7.54. The highest BCUT2D eigenvalue weighted by Gasteiger charge is 2.20. The van der Waals surface area contributed by atoms with Gasteiger partial charge in [0.2, 0.25) is 5.75 Å². The molecule has 43 heavy (non-hydrogen) atoms. The van der Waals surface area contributed by atoms with Crippen LogP contribution in [0.1, 0.15) is 15.5 Å². The molecule has 1 N–H and O–H groups in total. The quantitative estimate of drug-likeness (QED) is 0.248. The lowest BCUT2D eigenvalue weighted by molar-refractivity contribution is 0.102. The molecule has 0 aliphatic carbocycles. The molecule has 12 heteroatoms. The smallest absolute Gasteiger partial charge is 0.275 e. The number of hydrogen-bond acceptors (Lipinski definition) is 9. The summed E-state index contributed by atoms with van der Waals surface area (Å²) in [6, 6.07) is 22.1. The number of carbonyl (C=O) groups excluding carboxylic acids is 1. The standard InChI is InChI=1S/C31H26N6O5S/c1-40-24-15-20(16-25(41-2)30(24)42-3)32-31(39)22-18-43-26(33-22)17-37-27(38)13-12-21(34-37)28-23-11-7-8-14-36(23)35-29(28)19-9-5-4-6-10-19/h4-16,18H,17H2,1-3H3,(H,32,39). The number of amides is 1. The number of nitrogens with one attached hydrogen (secondary N) is 1. The summed E-state index contributed by atoms with van der Waals surface area (Å²) in [5, 5.41) is 14.5. The van der Waals surface area contributed by atoms with E-state index < -0.39 is 5.91 Å². The van der Waals surface area contributed by atoms with E-state index in [0.29, 0.717) is 33.6 Å². The average Bonchev–Trinajstić information content (AvgIpc) is 3.67. The first-order valence-electron chi connectivity index (χ1n) is 13.2. The molecule has 0 atom stereocenters. The van der Waals surface area contributed by atoms with E-state index in [-0.39, 0.29) is 17.8 Å². The van der Waals surface area contributed by atoms with Crippen LogP contribution >= 0.6 is 11.3 Å². The third-order valence-electron chi connectivity index (χ3n) is 6.70. The maximum absolute atomic E-state index is 13.0. The Labute approximate surface area is 249 Å². The number of hydrogen-bond donors (Lipinski definition) is 1. The molecule has 6 aromatic rings. The molecule has 0 spiro atoms. The maximum Gasteiger partial charge on any atom is 0.275 e. The number of nitrogens with zero attached hydrogens (tertiary/aromatic N) is 5. The van der Waals surface area contributed by atoms with Gasteiger partial charge in [0.05, 0.1) is 44.6 Å². The lowest BCUT2D eigenvalue weighted by Crippen LogP contribution is -2.23. The number of thiazole rings is 1. The van der Waals surface area contributed by atoms with E-state index in [9.17, 15) is 9.59 Å². The fourth-order valence-corrected chi connectivity index (χ4v) is 5.46. The summed E-state index contributed by atoms with van der Waals surface area (Å²) in [6.07, 6.45) is 1.88. The molecular formula is C31H26N6O5S. The first-order valence-corrected chi connectivity index (χ1v) is 14.0. The molecule has 0 aliphatic rings. The molecule has 1 amide bonds. The minimum absolute atomic E-state index is 0.0919. The highest BCUT2D eigenvalue weighted by molar-refractivity contribution is 7.09. The first kappa shape index (κ1) is 27.7. The van der Waals surface area contributed by atoms with Gasteiger partial charge in [-0.2, -0.15) is 10.2 Å². The summed E-state index contributed by atoms with van der Waals surface area (Å²) in [7, 11) is 4.50. The lowest BCUT2D eigenvalue weighted by Gasteiger charge is -2.14. The van der Waals surface area contributed by atoms with Crippen molar-refractivity contribution in [3.8, 4) is 39.8 Å². The zero-order valence-corrected chi connectivity index (χ0v) is 24.3. The van der Waals surface area contributed by atoms with E-state index in [2.05, 4.69) is 10.3 Å². The van der Waals surface area contributed by atoms with Crippen molar-refractivity contribution >= 4 is 28.4 Å². The molecule has 0 saturated heterocycles. The van der Waals surface area contributed by atoms with Gasteiger partial charge >= 0.3 is 0 Å². The van der Waals surface area contributed by atoms with Crippen molar-refractivity contribution in [3.05, 3.63) is 105 Å². The molecule has 0 aliphatic heterocycles. The van der Waals surface area contributed by atoms with E-state index in [1.165, 1.54) is 43.4 Å². The Hall–Kier alpha value is -5.49. The molecule has 2 aromatic carbocycles. The number of ether oxygens (including phenoxy) is 3. The van der Waals surface area contributed by atoms with Crippen LogP contribution in [0.3, 0.4) is 0 Å². The second-order valence-corrected chi connectivity index (χ2v) is 10.3. The van der Waals surface area contributed by atoms with Gasteiger partial charge in [-0.25, -0.2) is 14.2 Å². The third kappa shape index (κ3) is 5.43. The number of aromatic nitrogens is 5. The van der Waals surface area contributed by atoms with Crippen LogP contribution in [-0.4, -0.2) is 51.6 Å². The van der Waals surface area contributed by atoms with Crippen molar-refractivity contribution in [1.29, 1.82) is 0 Å². The summed E-state index contributed by atoms with van der Waals surface area (Å²) in [5.74, 6) is 0.801. The molecule has 4 heterocycles. The first-order chi connectivity index (χ1) is 21.0. The highest BCUT2D eigenvalue weighted by atomic mass is 32.1. The van der Waals surface area contributed by atoms with Gasteiger partial charge in [-0.05, 0) is 18.2 Å². The molecule has 0 fully saturated rings. The van der Waals surface area contributed by atoms with Gasteiger partial charge in [-0.15, -0.1) is 11.3 Å². The number of benzene rings is 2. The van der Waals surface area contributed by atoms with Crippen molar-refractivity contribution in [2.45, 2.75) is 6.54 Å². The topological polar surface area (TPSA) is 122 Å². The van der Waals surface area contributed by atoms with E-state index in [1.807, 2.05) is 54.7 Å². The van der Waals surface area contributed by atoms with Crippen molar-refractivity contribution in [2.75, 3.05) is 26.6 Å². The van der Waals surface area contributed by atoms with E-state index in [4.69, 9.17) is 24.4 Å². The Morgan fingerprint density at radius 2 is 1.65 bits per heavy atom. The largest absolute Gasteiger partial charge is 0.493 e. The summed E-state index contributed by atoms with van der Waals surface area (Å²) >= 11 is 1.26.